The highest BCUT2D eigenvalue weighted by Crippen LogP contribution is 2.30. The molecule has 2 fully saturated rings. The molecular weight excluding hydrogens is 244 g/mol. The van der Waals surface area contributed by atoms with Crippen LogP contribution in [0.25, 0.3) is 0 Å². The number of aryl methyl sites for hydroxylation is 1. The molecule has 1 aromatic rings. The van der Waals surface area contributed by atoms with E-state index in [4.69, 9.17) is 4.74 Å². The van der Waals surface area contributed by atoms with E-state index >= 15 is 0 Å². The fourth-order valence-corrected chi connectivity index (χ4v) is 2.46. The van der Waals surface area contributed by atoms with Gasteiger partial charge >= 0.3 is 0 Å². The van der Waals surface area contributed by atoms with Crippen LogP contribution in [-0.4, -0.2) is 51.6 Å². The number of aromatic nitrogens is 3. The van der Waals surface area contributed by atoms with Crippen LogP contribution in [0.5, 0.6) is 0 Å². The summed E-state index contributed by atoms with van der Waals surface area (Å²) < 4.78 is 7.43. The first kappa shape index (κ1) is 12.6. The predicted molar refractivity (Wildman–Crippen MR) is 68.6 cm³/mol. The van der Waals surface area contributed by atoms with Crippen LogP contribution in [0.3, 0.4) is 0 Å². The number of amides is 1. The molecule has 6 nitrogen and oxygen atoms in total. The fourth-order valence-electron chi connectivity index (χ4n) is 2.46. The second-order valence-electron chi connectivity index (χ2n) is 5.53. The summed E-state index contributed by atoms with van der Waals surface area (Å²) in [5.41, 5.74) is 0.544. The summed E-state index contributed by atoms with van der Waals surface area (Å²) in [7, 11) is 1.74. The minimum Gasteiger partial charge on any atom is -0.376 e. The van der Waals surface area contributed by atoms with Gasteiger partial charge in [-0.25, -0.2) is 4.68 Å². The van der Waals surface area contributed by atoms with E-state index in [9.17, 15) is 4.79 Å². The zero-order chi connectivity index (χ0) is 13.2. The SMILES string of the molecule is Cn1nncc1C(=O)N1CCC[C@@H](OCC2CC2)C1. The highest BCUT2D eigenvalue weighted by atomic mass is 16.5. The Morgan fingerprint density at radius 3 is 3.00 bits per heavy atom. The Hall–Kier alpha value is -1.43. The predicted octanol–water partition coefficient (Wildman–Crippen LogP) is 0.846. The molecule has 1 saturated carbocycles. The number of piperidine rings is 1. The summed E-state index contributed by atoms with van der Waals surface area (Å²) >= 11 is 0. The Labute approximate surface area is 112 Å². The van der Waals surface area contributed by atoms with Gasteiger partial charge in [-0.15, -0.1) is 5.10 Å². The van der Waals surface area contributed by atoms with Crippen LogP contribution in [-0.2, 0) is 11.8 Å². The smallest absolute Gasteiger partial charge is 0.273 e. The largest absolute Gasteiger partial charge is 0.376 e. The second-order valence-corrected chi connectivity index (χ2v) is 5.53. The Morgan fingerprint density at radius 1 is 1.47 bits per heavy atom. The third-order valence-electron chi connectivity index (χ3n) is 3.86. The number of carbonyl (C=O) groups is 1. The molecule has 0 spiro atoms. The van der Waals surface area contributed by atoms with Crippen LogP contribution in [0.15, 0.2) is 6.20 Å². The normalized spacial score (nSPS) is 23.6. The Morgan fingerprint density at radius 2 is 2.32 bits per heavy atom. The van der Waals surface area contributed by atoms with Crippen molar-refractivity contribution in [3.05, 3.63) is 11.9 Å². The van der Waals surface area contributed by atoms with Crippen LogP contribution < -0.4 is 0 Å². The number of hydrogen-bond donors (Lipinski definition) is 0. The third-order valence-corrected chi connectivity index (χ3v) is 3.86. The van der Waals surface area contributed by atoms with Crippen molar-refractivity contribution in [2.75, 3.05) is 19.7 Å². The summed E-state index contributed by atoms with van der Waals surface area (Å²) in [5.74, 6) is 0.777. The maximum atomic E-state index is 12.3. The first-order valence-electron chi connectivity index (χ1n) is 6.99. The molecule has 2 aliphatic rings. The molecule has 2 heterocycles. The fraction of sp³-hybridized carbons (Fsp3) is 0.769. The van der Waals surface area contributed by atoms with Gasteiger partial charge in [-0.3, -0.25) is 4.79 Å². The van der Waals surface area contributed by atoms with Crippen molar-refractivity contribution in [2.24, 2.45) is 13.0 Å². The lowest BCUT2D eigenvalue weighted by Gasteiger charge is -2.32. The van der Waals surface area contributed by atoms with Crippen molar-refractivity contribution >= 4 is 5.91 Å². The summed E-state index contributed by atoms with van der Waals surface area (Å²) in [6.45, 7) is 2.35. The van der Waals surface area contributed by atoms with Gasteiger partial charge in [-0.2, -0.15) is 0 Å². The minimum atomic E-state index is 0.00669. The van der Waals surface area contributed by atoms with Gasteiger partial charge in [-0.05, 0) is 31.6 Å². The molecule has 0 unspecified atom stereocenters. The zero-order valence-corrected chi connectivity index (χ0v) is 11.3. The number of carbonyl (C=O) groups excluding carboxylic acids is 1. The maximum absolute atomic E-state index is 12.3. The van der Waals surface area contributed by atoms with Gasteiger partial charge in [0.15, 0.2) is 0 Å². The maximum Gasteiger partial charge on any atom is 0.273 e. The van der Waals surface area contributed by atoms with Gasteiger partial charge in [0, 0.05) is 26.7 Å². The van der Waals surface area contributed by atoms with Crippen LogP contribution in [0.1, 0.15) is 36.2 Å². The van der Waals surface area contributed by atoms with Crippen LogP contribution in [0.2, 0.25) is 0 Å². The van der Waals surface area contributed by atoms with E-state index in [-0.39, 0.29) is 12.0 Å². The van der Waals surface area contributed by atoms with E-state index < -0.39 is 0 Å². The van der Waals surface area contributed by atoms with Crippen molar-refractivity contribution in [1.82, 2.24) is 19.9 Å². The summed E-state index contributed by atoms with van der Waals surface area (Å²) in [4.78, 5) is 14.2. The molecule has 104 valence electrons. The average molecular weight is 264 g/mol. The number of nitrogens with zero attached hydrogens (tertiary/aromatic N) is 4. The van der Waals surface area contributed by atoms with E-state index in [0.29, 0.717) is 12.2 Å². The molecule has 6 heteroatoms. The van der Waals surface area contributed by atoms with Crippen molar-refractivity contribution < 1.29 is 9.53 Å². The van der Waals surface area contributed by atoms with Gasteiger partial charge in [0.2, 0.25) is 0 Å². The molecule has 1 aliphatic heterocycles. The van der Waals surface area contributed by atoms with Crippen LogP contribution >= 0.6 is 0 Å². The Bertz CT molecular complexity index is 455. The van der Waals surface area contributed by atoms with E-state index in [1.165, 1.54) is 23.7 Å². The lowest BCUT2D eigenvalue weighted by Crippen LogP contribution is -2.44. The molecule has 1 atom stereocenters. The van der Waals surface area contributed by atoms with Crippen molar-refractivity contribution in [1.29, 1.82) is 0 Å². The zero-order valence-electron chi connectivity index (χ0n) is 11.3. The monoisotopic (exact) mass is 264 g/mol. The van der Waals surface area contributed by atoms with Gasteiger partial charge in [-0.1, -0.05) is 5.21 Å². The van der Waals surface area contributed by atoms with Gasteiger partial charge < -0.3 is 9.64 Å². The molecule has 1 aliphatic carbocycles. The molecular formula is C13H20N4O2. The summed E-state index contributed by atoms with van der Waals surface area (Å²) in [5, 5.41) is 7.57. The van der Waals surface area contributed by atoms with Gasteiger partial charge in [0.05, 0.1) is 12.3 Å². The quantitative estimate of drug-likeness (QED) is 0.808. The molecule has 0 radical (unpaired) electrons. The average Bonchev–Trinajstić information content (AvgIpc) is 3.17. The summed E-state index contributed by atoms with van der Waals surface area (Å²) in [6, 6.07) is 0. The van der Waals surface area contributed by atoms with E-state index in [1.807, 2.05) is 4.90 Å². The molecule has 0 aromatic carbocycles. The van der Waals surface area contributed by atoms with Crippen LogP contribution in [0, 0.1) is 5.92 Å². The summed E-state index contributed by atoms with van der Waals surface area (Å²) in [6.07, 6.45) is 6.38. The Balaban J connectivity index is 1.57. The minimum absolute atomic E-state index is 0.00669. The highest BCUT2D eigenvalue weighted by molar-refractivity contribution is 5.92. The molecule has 1 aromatic heterocycles. The molecule has 0 N–H and O–H groups in total. The molecule has 1 saturated heterocycles. The van der Waals surface area contributed by atoms with E-state index in [0.717, 1.165) is 31.9 Å². The number of rotatable bonds is 4. The van der Waals surface area contributed by atoms with Crippen molar-refractivity contribution in [3.63, 3.8) is 0 Å². The first-order chi connectivity index (χ1) is 9.24. The highest BCUT2D eigenvalue weighted by Gasteiger charge is 2.28. The second kappa shape index (κ2) is 5.28. The number of ether oxygens (including phenoxy) is 1. The number of hydrogen-bond acceptors (Lipinski definition) is 4. The number of likely N-dealkylation sites (tertiary alicyclic amines) is 1. The molecule has 19 heavy (non-hydrogen) atoms. The molecule has 3 rings (SSSR count). The first-order valence-corrected chi connectivity index (χ1v) is 6.99. The van der Waals surface area contributed by atoms with E-state index in [1.54, 1.807) is 7.05 Å². The molecule has 1 amide bonds. The van der Waals surface area contributed by atoms with Crippen LogP contribution in [0.4, 0.5) is 0 Å². The standard InChI is InChI=1S/C13H20N4O2/c1-16-12(7-14-15-16)13(18)17-6-2-3-11(8-17)19-9-10-4-5-10/h7,10-11H,2-6,8-9H2,1H3/t11-/m1/s1. The lowest BCUT2D eigenvalue weighted by molar-refractivity contribution is -0.00274. The molecule has 0 bridgehead atoms. The third kappa shape index (κ3) is 2.94. The Kier molecular flexibility index (Phi) is 3.50. The van der Waals surface area contributed by atoms with Gasteiger partial charge in [0.1, 0.15) is 5.69 Å². The van der Waals surface area contributed by atoms with Crippen molar-refractivity contribution in [3.8, 4) is 0 Å². The van der Waals surface area contributed by atoms with E-state index in [2.05, 4.69) is 10.3 Å². The lowest BCUT2D eigenvalue weighted by atomic mass is 10.1. The van der Waals surface area contributed by atoms with Crippen molar-refractivity contribution in [2.45, 2.75) is 31.8 Å². The van der Waals surface area contributed by atoms with Gasteiger partial charge in [0.25, 0.3) is 5.91 Å². The topological polar surface area (TPSA) is 60.2 Å².